The van der Waals surface area contributed by atoms with Gasteiger partial charge in [0.2, 0.25) is 0 Å². The SMILES string of the molecule is Cc1nn(-c2ccccc2)c(C)c1NC(=O)COC(=O)c1cc(F)c(F)cc1Cl. The number of aromatic nitrogens is 2. The first-order valence-electron chi connectivity index (χ1n) is 8.51. The lowest BCUT2D eigenvalue weighted by Crippen LogP contribution is -2.21. The number of esters is 1. The highest BCUT2D eigenvalue weighted by Gasteiger charge is 2.19. The highest BCUT2D eigenvalue weighted by atomic mass is 35.5. The van der Waals surface area contributed by atoms with Crippen molar-refractivity contribution in [3.05, 3.63) is 76.1 Å². The summed E-state index contributed by atoms with van der Waals surface area (Å²) in [5.74, 6) is -4.09. The maximum atomic E-state index is 13.3. The number of carbonyl (C=O) groups is 2. The summed E-state index contributed by atoms with van der Waals surface area (Å²) in [4.78, 5) is 24.2. The Labute approximate surface area is 170 Å². The fourth-order valence-corrected chi connectivity index (χ4v) is 2.94. The predicted octanol–water partition coefficient (Wildman–Crippen LogP) is 4.22. The molecule has 0 aliphatic carbocycles. The summed E-state index contributed by atoms with van der Waals surface area (Å²) in [6, 6.07) is 10.6. The summed E-state index contributed by atoms with van der Waals surface area (Å²) in [6.45, 7) is 2.88. The summed E-state index contributed by atoms with van der Waals surface area (Å²) in [6.07, 6.45) is 0. The molecule has 3 rings (SSSR count). The minimum atomic E-state index is -1.25. The monoisotopic (exact) mass is 419 g/mol. The largest absolute Gasteiger partial charge is 0.452 e. The second kappa shape index (κ2) is 8.40. The van der Waals surface area contributed by atoms with Crippen LogP contribution in [0.4, 0.5) is 14.5 Å². The molecule has 0 bridgehead atoms. The summed E-state index contributed by atoms with van der Waals surface area (Å²) < 4.78 is 32.9. The van der Waals surface area contributed by atoms with Crippen molar-refractivity contribution in [3.8, 4) is 5.69 Å². The Morgan fingerprint density at radius 3 is 2.48 bits per heavy atom. The Morgan fingerprint density at radius 1 is 1.14 bits per heavy atom. The number of hydrogen-bond acceptors (Lipinski definition) is 4. The molecule has 29 heavy (non-hydrogen) atoms. The van der Waals surface area contributed by atoms with Crippen LogP contribution >= 0.6 is 11.6 Å². The number of nitrogens with one attached hydrogen (secondary N) is 1. The molecule has 0 atom stereocenters. The number of nitrogens with zero attached hydrogens (tertiary/aromatic N) is 2. The summed E-state index contributed by atoms with van der Waals surface area (Å²) in [5, 5.41) is 6.73. The molecule has 150 valence electrons. The van der Waals surface area contributed by atoms with Gasteiger partial charge in [0, 0.05) is 0 Å². The molecule has 1 N–H and O–H groups in total. The van der Waals surface area contributed by atoms with E-state index in [1.165, 1.54) is 0 Å². The number of carbonyl (C=O) groups excluding carboxylic acids is 2. The molecule has 0 aliphatic rings. The Balaban J connectivity index is 1.68. The minimum absolute atomic E-state index is 0.315. The summed E-state index contributed by atoms with van der Waals surface area (Å²) in [5.41, 5.74) is 2.21. The van der Waals surface area contributed by atoms with Crippen molar-refractivity contribution in [2.24, 2.45) is 0 Å². The maximum Gasteiger partial charge on any atom is 0.340 e. The molecule has 3 aromatic rings. The van der Waals surface area contributed by atoms with Gasteiger partial charge in [0.25, 0.3) is 5.91 Å². The zero-order valence-electron chi connectivity index (χ0n) is 15.5. The molecule has 9 heteroatoms. The molecule has 0 saturated carbocycles. The molecule has 0 aliphatic heterocycles. The number of amides is 1. The van der Waals surface area contributed by atoms with Crippen LogP contribution in [0.25, 0.3) is 5.69 Å². The molecule has 1 heterocycles. The Morgan fingerprint density at radius 2 is 1.79 bits per heavy atom. The summed E-state index contributed by atoms with van der Waals surface area (Å²) >= 11 is 5.72. The van der Waals surface area contributed by atoms with E-state index in [4.69, 9.17) is 16.3 Å². The van der Waals surface area contributed by atoms with Crippen molar-refractivity contribution in [2.75, 3.05) is 11.9 Å². The van der Waals surface area contributed by atoms with E-state index >= 15 is 0 Å². The van der Waals surface area contributed by atoms with Gasteiger partial charge in [0.1, 0.15) is 0 Å². The highest BCUT2D eigenvalue weighted by Crippen LogP contribution is 2.23. The fourth-order valence-electron chi connectivity index (χ4n) is 2.71. The Bertz CT molecular complexity index is 1080. The van der Waals surface area contributed by atoms with Crippen LogP contribution in [0.5, 0.6) is 0 Å². The molecule has 0 unspecified atom stereocenters. The first-order chi connectivity index (χ1) is 13.8. The van der Waals surface area contributed by atoms with E-state index < -0.39 is 30.1 Å². The van der Waals surface area contributed by atoms with Gasteiger partial charge in [-0.05, 0) is 38.1 Å². The molecule has 0 saturated heterocycles. The first kappa shape index (κ1) is 20.5. The number of rotatable bonds is 5. The molecule has 0 fully saturated rings. The Kier molecular flexibility index (Phi) is 5.93. The van der Waals surface area contributed by atoms with Crippen molar-refractivity contribution >= 4 is 29.2 Å². The zero-order valence-corrected chi connectivity index (χ0v) is 16.3. The summed E-state index contributed by atoms with van der Waals surface area (Å²) in [7, 11) is 0. The second-order valence-corrected chi connectivity index (χ2v) is 6.57. The predicted molar refractivity (Wildman–Crippen MR) is 103 cm³/mol. The van der Waals surface area contributed by atoms with E-state index in [-0.39, 0.29) is 10.6 Å². The second-order valence-electron chi connectivity index (χ2n) is 6.16. The molecule has 6 nitrogen and oxygen atoms in total. The average molecular weight is 420 g/mol. The molecule has 1 aromatic heterocycles. The Hall–Kier alpha value is -3.26. The maximum absolute atomic E-state index is 13.3. The van der Waals surface area contributed by atoms with Crippen LogP contribution in [-0.2, 0) is 9.53 Å². The van der Waals surface area contributed by atoms with Gasteiger partial charge in [0.05, 0.1) is 33.3 Å². The first-order valence-corrected chi connectivity index (χ1v) is 8.89. The average Bonchev–Trinajstić information content (AvgIpc) is 2.98. The van der Waals surface area contributed by atoms with Crippen molar-refractivity contribution in [1.82, 2.24) is 9.78 Å². The quantitative estimate of drug-likeness (QED) is 0.496. The molecular formula is C20H16ClF2N3O3. The third-order valence-electron chi connectivity index (χ3n) is 4.12. The van der Waals surface area contributed by atoms with Crippen LogP contribution in [-0.4, -0.2) is 28.3 Å². The van der Waals surface area contributed by atoms with Crippen LogP contribution in [0.2, 0.25) is 5.02 Å². The molecule has 0 radical (unpaired) electrons. The van der Waals surface area contributed by atoms with E-state index in [0.29, 0.717) is 29.2 Å². The normalized spacial score (nSPS) is 10.7. The lowest BCUT2D eigenvalue weighted by Gasteiger charge is -2.09. The van der Waals surface area contributed by atoms with Crippen LogP contribution in [0.15, 0.2) is 42.5 Å². The van der Waals surface area contributed by atoms with Crippen LogP contribution < -0.4 is 5.32 Å². The smallest absolute Gasteiger partial charge is 0.340 e. The van der Waals surface area contributed by atoms with Crippen molar-refractivity contribution in [2.45, 2.75) is 13.8 Å². The van der Waals surface area contributed by atoms with Gasteiger partial charge in [-0.25, -0.2) is 18.3 Å². The topological polar surface area (TPSA) is 73.2 Å². The number of hydrogen-bond donors (Lipinski definition) is 1. The molecule has 2 aromatic carbocycles. The van der Waals surface area contributed by atoms with Crippen LogP contribution in [0.3, 0.4) is 0 Å². The van der Waals surface area contributed by atoms with Gasteiger partial charge >= 0.3 is 5.97 Å². The number of aryl methyl sites for hydroxylation is 1. The number of para-hydroxylation sites is 1. The van der Waals surface area contributed by atoms with Gasteiger partial charge < -0.3 is 10.1 Å². The lowest BCUT2D eigenvalue weighted by atomic mass is 10.2. The van der Waals surface area contributed by atoms with E-state index in [2.05, 4.69) is 10.4 Å². The number of ether oxygens (including phenoxy) is 1. The third-order valence-corrected chi connectivity index (χ3v) is 4.43. The van der Waals surface area contributed by atoms with Gasteiger partial charge in [-0.1, -0.05) is 29.8 Å². The fraction of sp³-hybridized carbons (Fsp3) is 0.150. The van der Waals surface area contributed by atoms with Crippen molar-refractivity contribution in [3.63, 3.8) is 0 Å². The van der Waals surface area contributed by atoms with Crippen molar-refractivity contribution < 1.29 is 23.1 Å². The lowest BCUT2D eigenvalue weighted by molar-refractivity contribution is -0.119. The number of halogens is 3. The van der Waals surface area contributed by atoms with E-state index in [1.54, 1.807) is 18.5 Å². The molecule has 0 spiro atoms. The van der Waals surface area contributed by atoms with E-state index in [1.807, 2.05) is 30.3 Å². The van der Waals surface area contributed by atoms with Gasteiger partial charge in [-0.15, -0.1) is 0 Å². The van der Waals surface area contributed by atoms with E-state index in [0.717, 1.165) is 5.69 Å². The third kappa shape index (κ3) is 4.43. The van der Waals surface area contributed by atoms with Gasteiger partial charge in [-0.3, -0.25) is 4.79 Å². The van der Waals surface area contributed by atoms with E-state index in [9.17, 15) is 18.4 Å². The highest BCUT2D eigenvalue weighted by molar-refractivity contribution is 6.33. The number of benzene rings is 2. The van der Waals surface area contributed by atoms with Gasteiger partial charge in [-0.2, -0.15) is 5.10 Å². The van der Waals surface area contributed by atoms with Gasteiger partial charge in [0.15, 0.2) is 18.2 Å². The van der Waals surface area contributed by atoms with Crippen molar-refractivity contribution in [1.29, 1.82) is 0 Å². The molecule has 1 amide bonds. The minimum Gasteiger partial charge on any atom is -0.452 e. The number of anilines is 1. The van der Waals surface area contributed by atoms with Crippen LogP contribution in [0, 0.1) is 25.5 Å². The van der Waals surface area contributed by atoms with Crippen LogP contribution in [0.1, 0.15) is 21.7 Å². The molecular weight excluding hydrogens is 404 g/mol. The standard InChI is InChI=1S/C20H16ClF2N3O3/c1-11-19(12(2)26(25-11)13-6-4-3-5-7-13)24-18(27)10-29-20(28)14-8-16(22)17(23)9-15(14)21/h3-9H,10H2,1-2H3,(H,24,27). The zero-order chi connectivity index (χ0) is 21.1.